The van der Waals surface area contributed by atoms with E-state index in [9.17, 15) is 4.79 Å². The molecule has 2 aromatic carbocycles. The first-order valence-corrected chi connectivity index (χ1v) is 6.44. The van der Waals surface area contributed by atoms with Crippen LogP contribution >= 0.6 is 12.2 Å². The van der Waals surface area contributed by atoms with E-state index in [4.69, 9.17) is 12.2 Å². The molecule has 96 valence electrons. The molecule has 0 unspecified atom stereocenters. The maximum atomic E-state index is 11.2. The predicted molar refractivity (Wildman–Crippen MR) is 83.0 cm³/mol. The number of benzene rings is 2. The van der Waals surface area contributed by atoms with E-state index in [2.05, 4.69) is 0 Å². The van der Waals surface area contributed by atoms with Gasteiger partial charge in [-0.3, -0.25) is 4.79 Å². The molecule has 0 heterocycles. The Labute approximate surface area is 118 Å². The van der Waals surface area contributed by atoms with Crippen LogP contribution in [0, 0.1) is 0 Å². The van der Waals surface area contributed by atoms with Crippen molar-refractivity contribution in [1.82, 2.24) is 0 Å². The number of anilines is 1. The molecule has 0 aliphatic rings. The second kappa shape index (κ2) is 5.76. The van der Waals surface area contributed by atoms with Crippen molar-refractivity contribution in [1.29, 1.82) is 0 Å². The summed E-state index contributed by atoms with van der Waals surface area (Å²) in [6.45, 7) is 1.56. The van der Waals surface area contributed by atoms with Gasteiger partial charge in [0.2, 0.25) is 0 Å². The molecule has 19 heavy (non-hydrogen) atoms. The highest BCUT2D eigenvalue weighted by Gasteiger charge is 2.09. The number of carbonyl (C=O) groups is 1. The molecule has 2 aromatic rings. The minimum absolute atomic E-state index is 0.0693. The summed E-state index contributed by atoms with van der Waals surface area (Å²) < 4.78 is 0. The quantitative estimate of drug-likeness (QED) is 0.626. The Morgan fingerprint density at radius 1 is 0.947 bits per heavy atom. The molecule has 0 fully saturated rings. The second-order valence-electron chi connectivity index (χ2n) is 4.33. The summed E-state index contributed by atoms with van der Waals surface area (Å²) >= 11 is 5.47. The van der Waals surface area contributed by atoms with Gasteiger partial charge >= 0.3 is 0 Å². The lowest BCUT2D eigenvalue weighted by Gasteiger charge is -2.20. The molecule has 0 spiro atoms. The van der Waals surface area contributed by atoms with E-state index in [0.717, 1.165) is 16.2 Å². The summed E-state index contributed by atoms with van der Waals surface area (Å²) in [5, 5.41) is 0. The van der Waals surface area contributed by atoms with E-state index in [1.807, 2.05) is 66.5 Å². The van der Waals surface area contributed by atoms with E-state index in [0.29, 0.717) is 5.56 Å². The normalized spacial score (nSPS) is 10.0. The van der Waals surface area contributed by atoms with Gasteiger partial charge in [0, 0.05) is 23.9 Å². The lowest BCUT2D eigenvalue weighted by atomic mass is 10.1. The summed E-state index contributed by atoms with van der Waals surface area (Å²) in [6.07, 6.45) is 0. The van der Waals surface area contributed by atoms with Gasteiger partial charge in [0.1, 0.15) is 4.99 Å². The van der Waals surface area contributed by atoms with Gasteiger partial charge in [-0.2, -0.15) is 0 Å². The largest absolute Gasteiger partial charge is 0.335 e. The molecular formula is C16H15NOS. The van der Waals surface area contributed by atoms with Gasteiger partial charge in [-0.15, -0.1) is 0 Å². The van der Waals surface area contributed by atoms with E-state index in [1.54, 1.807) is 6.92 Å². The number of thiocarbonyl (C=S) groups is 1. The predicted octanol–water partition coefficient (Wildman–Crippen LogP) is 3.70. The Kier molecular flexibility index (Phi) is 4.07. The summed E-state index contributed by atoms with van der Waals surface area (Å²) in [4.78, 5) is 13.9. The van der Waals surface area contributed by atoms with Gasteiger partial charge in [-0.1, -0.05) is 42.5 Å². The molecule has 3 heteroatoms. The summed E-state index contributed by atoms with van der Waals surface area (Å²) in [7, 11) is 1.93. The first-order chi connectivity index (χ1) is 9.09. The minimum Gasteiger partial charge on any atom is -0.335 e. The van der Waals surface area contributed by atoms with Crippen molar-refractivity contribution < 1.29 is 4.79 Å². The Morgan fingerprint density at radius 2 is 1.53 bits per heavy atom. The Morgan fingerprint density at radius 3 is 2.05 bits per heavy atom. The smallest absolute Gasteiger partial charge is 0.159 e. The van der Waals surface area contributed by atoms with Gasteiger partial charge in [0.05, 0.1) is 0 Å². The van der Waals surface area contributed by atoms with E-state index in [-0.39, 0.29) is 5.78 Å². The molecule has 0 aliphatic heterocycles. The SMILES string of the molecule is CC(=O)c1ccc(N(C)C(=S)c2ccccc2)cc1. The molecule has 0 bridgehead atoms. The van der Waals surface area contributed by atoms with Crippen LogP contribution in [0.1, 0.15) is 22.8 Å². The molecule has 0 amide bonds. The van der Waals surface area contributed by atoms with Gasteiger partial charge in [0.15, 0.2) is 5.78 Å². The zero-order chi connectivity index (χ0) is 13.8. The second-order valence-corrected chi connectivity index (χ2v) is 4.72. The number of hydrogen-bond acceptors (Lipinski definition) is 2. The molecule has 0 N–H and O–H groups in total. The van der Waals surface area contributed by atoms with E-state index in [1.165, 1.54) is 0 Å². The van der Waals surface area contributed by atoms with Gasteiger partial charge in [0.25, 0.3) is 0 Å². The zero-order valence-corrected chi connectivity index (χ0v) is 11.8. The third kappa shape index (κ3) is 3.06. The van der Waals surface area contributed by atoms with Crippen molar-refractivity contribution in [3.05, 3.63) is 65.7 Å². The Bertz CT molecular complexity index is 590. The molecule has 0 saturated carbocycles. The molecule has 2 nitrogen and oxygen atoms in total. The number of rotatable bonds is 3. The number of nitrogens with zero attached hydrogens (tertiary/aromatic N) is 1. The van der Waals surface area contributed by atoms with Crippen molar-refractivity contribution in [2.45, 2.75) is 6.92 Å². The summed E-state index contributed by atoms with van der Waals surface area (Å²) in [5.74, 6) is 0.0693. The molecule has 0 aromatic heterocycles. The maximum Gasteiger partial charge on any atom is 0.159 e. The lowest BCUT2D eigenvalue weighted by molar-refractivity contribution is 0.101. The first-order valence-electron chi connectivity index (χ1n) is 6.03. The van der Waals surface area contributed by atoms with Crippen LogP contribution in [-0.2, 0) is 0 Å². The van der Waals surface area contributed by atoms with E-state index < -0.39 is 0 Å². The monoisotopic (exact) mass is 269 g/mol. The lowest BCUT2D eigenvalue weighted by Crippen LogP contribution is -2.25. The molecule has 2 rings (SSSR count). The minimum atomic E-state index is 0.0693. The summed E-state index contributed by atoms with van der Waals surface area (Å²) in [5.41, 5.74) is 2.69. The standard InChI is InChI=1S/C16H15NOS/c1-12(18)13-8-10-15(11-9-13)17(2)16(19)14-6-4-3-5-7-14/h3-11H,1-2H3. The van der Waals surface area contributed by atoms with Crippen LogP contribution in [0.25, 0.3) is 0 Å². The molecule has 0 atom stereocenters. The van der Waals surface area contributed by atoms with Crippen LogP contribution in [0.4, 0.5) is 5.69 Å². The van der Waals surface area contributed by atoms with Crippen LogP contribution in [0.2, 0.25) is 0 Å². The molecule has 0 aliphatic carbocycles. The maximum absolute atomic E-state index is 11.2. The van der Waals surface area contributed by atoms with Crippen molar-refractivity contribution in [2.24, 2.45) is 0 Å². The number of carbonyl (C=O) groups excluding carboxylic acids is 1. The fourth-order valence-electron chi connectivity index (χ4n) is 1.81. The van der Waals surface area contributed by atoms with Gasteiger partial charge in [-0.05, 0) is 31.2 Å². The molecular weight excluding hydrogens is 254 g/mol. The van der Waals surface area contributed by atoms with E-state index >= 15 is 0 Å². The Hall–Kier alpha value is -2.00. The van der Waals surface area contributed by atoms with Crippen LogP contribution in [0.15, 0.2) is 54.6 Å². The van der Waals surface area contributed by atoms with Crippen LogP contribution in [0.3, 0.4) is 0 Å². The van der Waals surface area contributed by atoms with Gasteiger partial charge < -0.3 is 4.90 Å². The molecule has 0 saturated heterocycles. The van der Waals surface area contributed by atoms with Crippen LogP contribution < -0.4 is 4.90 Å². The third-order valence-electron chi connectivity index (χ3n) is 2.99. The Balaban J connectivity index is 2.22. The topological polar surface area (TPSA) is 20.3 Å². The number of ketones is 1. The number of hydrogen-bond donors (Lipinski definition) is 0. The van der Waals surface area contributed by atoms with Crippen LogP contribution in [0.5, 0.6) is 0 Å². The third-order valence-corrected chi connectivity index (χ3v) is 3.50. The fourth-order valence-corrected chi connectivity index (χ4v) is 2.05. The zero-order valence-electron chi connectivity index (χ0n) is 11.0. The molecule has 0 radical (unpaired) electrons. The van der Waals surface area contributed by atoms with Crippen molar-refractivity contribution in [3.63, 3.8) is 0 Å². The van der Waals surface area contributed by atoms with Gasteiger partial charge in [-0.25, -0.2) is 0 Å². The highest BCUT2D eigenvalue weighted by molar-refractivity contribution is 7.81. The highest BCUT2D eigenvalue weighted by Crippen LogP contribution is 2.17. The highest BCUT2D eigenvalue weighted by atomic mass is 32.1. The van der Waals surface area contributed by atoms with Crippen molar-refractivity contribution in [3.8, 4) is 0 Å². The summed E-state index contributed by atoms with van der Waals surface area (Å²) in [6, 6.07) is 17.3. The average molecular weight is 269 g/mol. The van der Waals surface area contributed by atoms with Crippen molar-refractivity contribution in [2.75, 3.05) is 11.9 Å². The van der Waals surface area contributed by atoms with Crippen molar-refractivity contribution >= 4 is 28.7 Å². The average Bonchev–Trinajstić information content (AvgIpc) is 2.46. The van der Waals surface area contributed by atoms with Crippen LogP contribution in [-0.4, -0.2) is 17.8 Å². The number of Topliss-reactive ketones (excluding diaryl/α,β-unsaturated/α-hetero) is 1. The fraction of sp³-hybridized carbons (Fsp3) is 0.125. The first kappa shape index (κ1) is 13.4.